The minimum absolute atomic E-state index is 0.214. The number of carbonyl (C=O) groups is 1. The summed E-state index contributed by atoms with van der Waals surface area (Å²) in [6.07, 6.45) is 0.822. The molecule has 0 spiro atoms. The molecule has 1 atom stereocenters. The van der Waals surface area contributed by atoms with Crippen molar-refractivity contribution in [1.29, 1.82) is 0 Å². The Hall–Kier alpha value is -1.32. The topological polar surface area (TPSA) is 35.5 Å². The molecular weight excluding hydrogens is 252 g/mol. The summed E-state index contributed by atoms with van der Waals surface area (Å²) in [7, 11) is 1.33. The third-order valence-electron chi connectivity index (χ3n) is 2.88. The van der Waals surface area contributed by atoms with Crippen molar-refractivity contribution >= 4 is 17.6 Å². The molecule has 18 heavy (non-hydrogen) atoms. The highest BCUT2D eigenvalue weighted by Gasteiger charge is 2.35. The lowest BCUT2D eigenvalue weighted by atomic mass is 10.2. The molecule has 0 radical (unpaired) electrons. The maximum Gasteiger partial charge on any atom is 0.349 e. The number of esters is 1. The van der Waals surface area contributed by atoms with Crippen molar-refractivity contribution in [2.24, 2.45) is 5.92 Å². The summed E-state index contributed by atoms with van der Waals surface area (Å²) in [4.78, 5) is 11.2. The van der Waals surface area contributed by atoms with E-state index in [0.717, 1.165) is 17.6 Å². The fourth-order valence-electron chi connectivity index (χ4n) is 1.75. The van der Waals surface area contributed by atoms with Gasteiger partial charge in [0.25, 0.3) is 0 Å². The molecule has 1 aromatic rings. The van der Waals surface area contributed by atoms with E-state index in [9.17, 15) is 4.79 Å². The Bertz CT molecular complexity index is 453. The Labute approximate surface area is 111 Å². The number of hydrogen-bond donors (Lipinski definition) is 0. The molecule has 0 saturated heterocycles. The van der Waals surface area contributed by atoms with E-state index < -0.39 is 5.97 Å². The van der Waals surface area contributed by atoms with Crippen LogP contribution in [0.4, 0.5) is 0 Å². The van der Waals surface area contributed by atoms with Crippen molar-refractivity contribution in [3.63, 3.8) is 0 Å². The summed E-state index contributed by atoms with van der Waals surface area (Å²) in [5.41, 5.74) is 2.08. The molecule has 1 aromatic carbocycles. The van der Waals surface area contributed by atoms with Gasteiger partial charge in [0.2, 0.25) is 0 Å². The molecule has 3 nitrogen and oxygen atoms in total. The second kappa shape index (κ2) is 6.03. The molecule has 0 aliphatic heterocycles. The lowest BCUT2D eigenvalue weighted by Gasteiger charge is -2.02. The third kappa shape index (κ3) is 3.34. The van der Waals surface area contributed by atoms with E-state index in [4.69, 9.17) is 16.3 Å². The van der Waals surface area contributed by atoms with Gasteiger partial charge in [-0.2, -0.15) is 0 Å². The maximum atomic E-state index is 11.2. The first kappa shape index (κ1) is 13.1. The molecule has 0 aromatic heterocycles. The van der Waals surface area contributed by atoms with Crippen LogP contribution in [0.5, 0.6) is 0 Å². The van der Waals surface area contributed by atoms with Crippen LogP contribution in [0.3, 0.4) is 0 Å². The van der Waals surface area contributed by atoms with E-state index in [1.54, 1.807) is 0 Å². The molecule has 1 saturated carbocycles. The van der Waals surface area contributed by atoms with Crippen LogP contribution in [0, 0.1) is 5.92 Å². The third-order valence-corrected chi connectivity index (χ3v) is 3.27. The van der Waals surface area contributed by atoms with Gasteiger partial charge in [0.15, 0.2) is 0 Å². The van der Waals surface area contributed by atoms with Crippen LogP contribution in [0.25, 0.3) is 0 Å². The minimum atomic E-state index is -0.461. The average Bonchev–Trinajstić information content (AvgIpc) is 3.18. The van der Waals surface area contributed by atoms with Crippen LogP contribution in [0.15, 0.2) is 40.9 Å². The van der Waals surface area contributed by atoms with Gasteiger partial charge >= 0.3 is 5.97 Å². The van der Waals surface area contributed by atoms with Crippen LogP contribution < -0.4 is 0 Å². The highest BCUT2D eigenvalue weighted by Crippen LogP contribution is 2.42. The molecule has 4 heteroatoms. The minimum Gasteiger partial charge on any atom is -0.465 e. The lowest BCUT2D eigenvalue weighted by Crippen LogP contribution is -2.01. The Morgan fingerprint density at radius 2 is 2.11 bits per heavy atom. The molecule has 0 bridgehead atoms. The SMILES string of the molecule is COC(=O)/C(Cl)=C1\CC1COCc1ccccc1. The van der Waals surface area contributed by atoms with Gasteiger partial charge in [-0.3, -0.25) is 0 Å². The van der Waals surface area contributed by atoms with E-state index in [1.165, 1.54) is 7.11 Å². The second-order valence-corrected chi connectivity index (χ2v) is 4.61. The number of hydrogen-bond acceptors (Lipinski definition) is 3. The number of rotatable bonds is 5. The summed E-state index contributed by atoms with van der Waals surface area (Å²) in [5.74, 6) is -0.197. The lowest BCUT2D eigenvalue weighted by molar-refractivity contribution is -0.135. The summed E-state index contributed by atoms with van der Waals surface area (Å²) < 4.78 is 10.2. The van der Waals surface area contributed by atoms with Crippen molar-refractivity contribution in [2.75, 3.05) is 13.7 Å². The molecule has 1 aliphatic carbocycles. The standard InChI is InChI=1S/C14H15ClO3/c1-17-14(16)13(15)12-7-11(12)9-18-8-10-5-3-2-4-6-10/h2-6,11H,7-9H2,1H3/b13-12-. The molecule has 1 unspecified atom stereocenters. The van der Waals surface area contributed by atoms with Gasteiger partial charge in [-0.1, -0.05) is 41.9 Å². The van der Waals surface area contributed by atoms with Crippen LogP contribution in [-0.4, -0.2) is 19.7 Å². The van der Waals surface area contributed by atoms with E-state index in [0.29, 0.717) is 13.2 Å². The first-order valence-electron chi connectivity index (χ1n) is 5.81. The molecular formula is C14H15ClO3. The molecule has 0 heterocycles. The Morgan fingerprint density at radius 3 is 2.78 bits per heavy atom. The summed E-state index contributed by atoms with van der Waals surface area (Å²) in [6.45, 7) is 1.18. The Balaban J connectivity index is 1.76. The molecule has 0 amide bonds. The summed E-state index contributed by atoms with van der Waals surface area (Å²) in [6, 6.07) is 9.97. The highest BCUT2D eigenvalue weighted by molar-refractivity contribution is 6.41. The zero-order chi connectivity index (χ0) is 13.0. The first-order chi connectivity index (χ1) is 8.72. The normalized spacial score (nSPS) is 20.4. The quantitative estimate of drug-likeness (QED) is 0.607. The largest absolute Gasteiger partial charge is 0.465 e. The van der Waals surface area contributed by atoms with Crippen LogP contribution in [0.1, 0.15) is 12.0 Å². The number of methoxy groups -OCH3 is 1. The number of halogens is 1. The molecule has 96 valence electrons. The predicted molar refractivity (Wildman–Crippen MR) is 69.1 cm³/mol. The number of ether oxygens (including phenoxy) is 2. The van der Waals surface area contributed by atoms with Gasteiger partial charge < -0.3 is 9.47 Å². The fraction of sp³-hybridized carbons (Fsp3) is 0.357. The van der Waals surface area contributed by atoms with Crippen molar-refractivity contribution in [1.82, 2.24) is 0 Å². The van der Waals surface area contributed by atoms with Crippen LogP contribution >= 0.6 is 11.6 Å². The summed E-state index contributed by atoms with van der Waals surface area (Å²) in [5, 5.41) is 0.214. The Morgan fingerprint density at radius 1 is 1.39 bits per heavy atom. The summed E-state index contributed by atoms with van der Waals surface area (Å²) >= 11 is 5.87. The van der Waals surface area contributed by atoms with Crippen LogP contribution in [-0.2, 0) is 20.9 Å². The first-order valence-corrected chi connectivity index (χ1v) is 6.18. The van der Waals surface area contributed by atoms with Gasteiger partial charge in [0.1, 0.15) is 5.03 Å². The molecule has 2 rings (SSSR count). The van der Waals surface area contributed by atoms with Gasteiger partial charge in [-0.25, -0.2) is 4.79 Å². The average molecular weight is 267 g/mol. The zero-order valence-corrected chi connectivity index (χ0v) is 10.9. The van der Waals surface area contributed by atoms with Gasteiger partial charge in [-0.05, 0) is 17.6 Å². The second-order valence-electron chi connectivity index (χ2n) is 4.23. The van der Waals surface area contributed by atoms with E-state index in [-0.39, 0.29) is 11.0 Å². The van der Waals surface area contributed by atoms with Crippen molar-refractivity contribution in [3.8, 4) is 0 Å². The number of carbonyl (C=O) groups excluding carboxylic acids is 1. The van der Waals surface area contributed by atoms with Crippen molar-refractivity contribution < 1.29 is 14.3 Å². The monoisotopic (exact) mass is 266 g/mol. The van der Waals surface area contributed by atoms with E-state index >= 15 is 0 Å². The van der Waals surface area contributed by atoms with Gasteiger partial charge in [-0.15, -0.1) is 0 Å². The molecule has 1 fully saturated rings. The highest BCUT2D eigenvalue weighted by atomic mass is 35.5. The van der Waals surface area contributed by atoms with Crippen LogP contribution in [0.2, 0.25) is 0 Å². The van der Waals surface area contributed by atoms with E-state index in [1.807, 2.05) is 30.3 Å². The fourth-order valence-corrected chi connectivity index (χ4v) is 2.06. The molecule has 0 N–H and O–H groups in total. The van der Waals surface area contributed by atoms with Gasteiger partial charge in [0, 0.05) is 5.92 Å². The van der Waals surface area contributed by atoms with Gasteiger partial charge in [0.05, 0.1) is 20.3 Å². The maximum absolute atomic E-state index is 11.2. The van der Waals surface area contributed by atoms with Crippen molar-refractivity contribution in [2.45, 2.75) is 13.0 Å². The smallest absolute Gasteiger partial charge is 0.349 e. The number of benzene rings is 1. The Kier molecular flexibility index (Phi) is 4.39. The predicted octanol–water partition coefficient (Wildman–Crippen LogP) is 2.89. The molecule has 1 aliphatic rings. The van der Waals surface area contributed by atoms with E-state index in [2.05, 4.69) is 4.74 Å². The van der Waals surface area contributed by atoms with Crippen molar-refractivity contribution in [3.05, 3.63) is 46.5 Å². The zero-order valence-electron chi connectivity index (χ0n) is 10.2.